The summed E-state index contributed by atoms with van der Waals surface area (Å²) in [7, 11) is 0. The Labute approximate surface area is 140 Å². The van der Waals surface area contributed by atoms with Gasteiger partial charge in [0.15, 0.2) is 0 Å². The van der Waals surface area contributed by atoms with Crippen LogP contribution in [0.5, 0.6) is 5.75 Å². The fourth-order valence-electron chi connectivity index (χ4n) is 2.63. The first-order chi connectivity index (χ1) is 11.7. The van der Waals surface area contributed by atoms with Gasteiger partial charge in [0.2, 0.25) is 0 Å². The van der Waals surface area contributed by atoms with Crippen LogP contribution in [0, 0.1) is 5.82 Å². The van der Waals surface area contributed by atoms with Crippen molar-refractivity contribution in [2.75, 3.05) is 13.2 Å². The quantitative estimate of drug-likeness (QED) is 0.884. The van der Waals surface area contributed by atoms with Crippen LogP contribution < -0.4 is 10.1 Å². The predicted octanol–water partition coefficient (Wildman–Crippen LogP) is 3.31. The summed E-state index contributed by atoms with van der Waals surface area (Å²) in [4.78, 5) is 12.4. The molecule has 0 bridgehead atoms. The van der Waals surface area contributed by atoms with Crippen LogP contribution in [0.15, 0.2) is 48.5 Å². The topological polar surface area (TPSA) is 47.6 Å². The SMILES string of the molecule is O=C(NC[C@H]1CCCO1)c1ccccc1OCc1ccc(F)cc1. The predicted molar refractivity (Wildman–Crippen MR) is 88.5 cm³/mol. The Hall–Kier alpha value is -2.40. The van der Waals surface area contributed by atoms with Gasteiger partial charge in [-0.15, -0.1) is 0 Å². The maximum atomic E-state index is 12.9. The lowest BCUT2D eigenvalue weighted by atomic mass is 10.1. The molecule has 3 rings (SSSR count). The summed E-state index contributed by atoms with van der Waals surface area (Å²) < 4.78 is 24.2. The third-order valence-corrected chi connectivity index (χ3v) is 3.95. The van der Waals surface area contributed by atoms with E-state index in [4.69, 9.17) is 9.47 Å². The van der Waals surface area contributed by atoms with E-state index < -0.39 is 0 Å². The molecule has 1 saturated heterocycles. The van der Waals surface area contributed by atoms with Gasteiger partial charge in [-0.25, -0.2) is 4.39 Å². The highest BCUT2D eigenvalue weighted by atomic mass is 19.1. The molecule has 0 aromatic heterocycles. The van der Waals surface area contributed by atoms with Gasteiger partial charge in [-0.2, -0.15) is 0 Å². The van der Waals surface area contributed by atoms with E-state index in [1.54, 1.807) is 30.3 Å². The largest absolute Gasteiger partial charge is 0.488 e. The molecule has 1 amide bonds. The third kappa shape index (κ3) is 4.32. The summed E-state index contributed by atoms with van der Waals surface area (Å²) >= 11 is 0. The zero-order valence-electron chi connectivity index (χ0n) is 13.3. The van der Waals surface area contributed by atoms with Crippen molar-refractivity contribution < 1.29 is 18.7 Å². The first kappa shape index (κ1) is 16.5. The molecule has 0 aliphatic carbocycles. The smallest absolute Gasteiger partial charge is 0.255 e. The average Bonchev–Trinajstić information content (AvgIpc) is 3.13. The van der Waals surface area contributed by atoms with Crippen LogP contribution >= 0.6 is 0 Å². The Morgan fingerprint density at radius 2 is 2.00 bits per heavy atom. The van der Waals surface area contributed by atoms with E-state index in [0.29, 0.717) is 17.9 Å². The number of nitrogens with one attached hydrogen (secondary N) is 1. The van der Waals surface area contributed by atoms with Gasteiger partial charge in [-0.05, 0) is 42.7 Å². The summed E-state index contributed by atoms with van der Waals surface area (Å²) in [6.45, 7) is 1.54. The van der Waals surface area contributed by atoms with Gasteiger partial charge in [-0.3, -0.25) is 4.79 Å². The maximum Gasteiger partial charge on any atom is 0.255 e. The van der Waals surface area contributed by atoms with Crippen molar-refractivity contribution in [1.29, 1.82) is 0 Å². The minimum atomic E-state index is -0.285. The molecule has 24 heavy (non-hydrogen) atoms. The molecule has 1 heterocycles. The number of rotatable bonds is 6. The minimum Gasteiger partial charge on any atom is -0.488 e. The number of para-hydroxylation sites is 1. The number of hydrogen-bond acceptors (Lipinski definition) is 3. The second-order valence-corrected chi connectivity index (χ2v) is 5.76. The number of ether oxygens (including phenoxy) is 2. The summed E-state index contributed by atoms with van der Waals surface area (Å²) in [5.41, 5.74) is 1.32. The van der Waals surface area contributed by atoms with Gasteiger partial charge in [-0.1, -0.05) is 24.3 Å². The van der Waals surface area contributed by atoms with Gasteiger partial charge >= 0.3 is 0 Å². The molecule has 2 aromatic rings. The van der Waals surface area contributed by atoms with Crippen molar-refractivity contribution >= 4 is 5.91 Å². The lowest BCUT2D eigenvalue weighted by Gasteiger charge is -2.14. The standard InChI is InChI=1S/C19H20FNO3/c20-15-9-7-14(8-10-15)13-24-18-6-2-1-5-17(18)19(22)21-12-16-4-3-11-23-16/h1-2,5-10,16H,3-4,11-13H2,(H,21,22)/t16-/m1/s1. The molecule has 1 aliphatic rings. The second-order valence-electron chi connectivity index (χ2n) is 5.76. The lowest BCUT2D eigenvalue weighted by molar-refractivity contribution is 0.0854. The minimum absolute atomic E-state index is 0.0984. The van der Waals surface area contributed by atoms with Crippen molar-refractivity contribution in [2.24, 2.45) is 0 Å². The zero-order chi connectivity index (χ0) is 16.8. The number of carbonyl (C=O) groups excluding carboxylic acids is 1. The van der Waals surface area contributed by atoms with Gasteiger partial charge in [0.1, 0.15) is 18.2 Å². The van der Waals surface area contributed by atoms with Gasteiger partial charge in [0, 0.05) is 13.2 Å². The molecule has 1 atom stereocenters. The number of hydrogen-bond donors (Lipinski definition) is 1. The van der Waals surface area contributed by atoms with E-state index in [1.807, 2.05) is 6.07 Å². The summed E-state index contributed by atoms with van der Waals surface area (Å²) in [5, 5.41) is 2.89. The van der Waals surface area contributed by atoms with Crippen molar-refractivity contribution in [3.63, 3.8) is 0 Å². The van der Waals surface area contributed by atoms with Gasteiger partial charge < -0.3 is 14.8 Å². The Morgan fingerprint density at radius 1 is 1.21 bits per heavy atom. The van der Waals surface area contributed by atoms with E-state index in [1.165, 1.54) is 12.1 Å². The van der Waals surface area contributed by atoms with Crippen LogP contribution in [0.4, 0.5) is 4.39 Å². The Balaban J connectivity index is 1.61. The number of halogens is 1. The molecule has 1 fully saturated rings. The lowest BCUT2D eigenvalue weighted by Crippen LogP contribution is -2.32. The summed E-state index contributed by atoms with van der Waals surface area (Å²) in [6.07, 6.45) is 2.11. The van der Waals surface area contributed by atoms with Crippen molar-refractivity contribution in [3.8, 4) is 5.75 Å². The highest BCUT2D eigenvalue weighted by molar-refractivity contribution is 5.96. The van der Waals surface area contributed by atoms with E-state index in [0.717, 1.165) is 25.0 Å². The van der Waals surface area contributed by atoms with Gasteiger partial charge in [0.05, 0.1) is 11.7 Å². The molecule has 1 aliphatic heterocycles. The molecule has 1 N–H and O–H groups in total. The number of benzene rings is 2. The maximum absolute atomic E-state index is 12.9. The molecule has 5 heteroatoms. The molecular formula is C19H20FNO3. The van der Waals surface area contributed by atoms with Crippen molar-refractivity contribution in [3.05, 3.63) is 65.5 Å². The number of amides is 1. The van der Waals surface area contributed by atoms with Crippen molar-refractivity contribution in [1.82, 2.24) is 5.32 Å². The van der Waals surface area contributed by atoms with Crippen LogP contribution in [0.1, 0.15) is 28.8 Å². The molecule has 0 spiro atoms. The van der Waals surface area contributed by atoms with Crippen LogP contribution in [0.25, 0.3) is 0 Å². The average molecular weight is 329 g/mol. The fourth-order valence-corrected chi connectivity index (χ4v) is 2.63. The molecule has 0 saturated carbocycles. The van der Waals surface area contributed by atoms with Crippen LogP contribution in [-0.4, -0.2) is 25.2 Å². The Bertz CT molecular complexity index is 681. The third-order valence-electron chi connectivity index (χ3n) is 3.95. The Morgan fingerprint density at radius 3 is 2.75 bits per heavy atom. The number of carbonyl (C=O) groups is 1. The first-order valence-electron chi connectivity index (χ1n) is 8.08. The highest BCUT2D eigenvalue weighted by Gasteiger charge is 2.18. The van der Waals surface area contributed by atoms with E-state index in [-0.39, 0.29) is 24.4 Å². The second kappa shape index (κ2) is 7.93. The van der Waals surface area contributed by atoms with E-state index in [9.17, 15) is 9.18 Å². The van der Waals surface area contributed by atoms with E-state index >= 15 is 0 Å². The van der Waals surface area contributed by atoms with Crippen LogP contribution in [-0.2, 0) is 11.3 Å². The normalized spacial score (nSPS) is 16.8. The summed E-state index contributed by atoms with van der Waals surface area (Å²) in [6, 6.07) is 13.2. The van der Waals surface area contributed by atoms with Crippen LogP contribution in [0.3, 0.4) is 0 Å². The zero-order valence-corrected chi connectivity index (χ0v) is 13.3. The summed E-state index contributed by atoms with van der Waals surface area (Å²) in [5.74, 6) is 0.0412. The fraction of sp³-hybridized carbons (Fsp3) is 0.316. The highest BCUT2D eigenvalue weighted by Crippen LogP contribution is 2.20. The van der Waals surface area contributed by atoms with E-state index in [2.05, 4.69) is 5.32 Å². The van der Waals surface area contributed by atoms with Crippen molar-refractivity contribution in [2.45, 2.75) is 25.6 Å². The van der Waals surface area contributed by atoms with Crippen LogP contribution in [0.2, 0.25) is 0 Å². The molecular weight excluding hydrogens is 309 g/mol. The molecule has 4 nitrogen and oxygen atoms in total. The molecule has 0 unspecified atom stereocenters. The monoisotopic (exact) mass is 329 g/mol. The Kier molecular flexibility index (Phi) is 5.43. The molecule has 2 aromatic carbocycles. The van der Waals surface area contributed by atoms with Gasteiger partial charge in [0.25, 0.3) is 5.91 Å². The molecule has 126 valence electrons. The molecule has 0 radical (unpaired) electrons. The first-order valence-corrected chi connectivity index (χ1v) is 8.08.